The van der Waals surface area contributed by atoms with E-state index in [9.17, 15) is 0 Å². The van der Waals surface area contributed by atoms with Gasteiger partial charge in [0, 0.05) is 19.8 Å². The molecule has 0 amide bonds. The fraction of sp³-hybridized carbons (Fsp3) is 0.846. The van der Waals surface area contributed by atoms with Crippen LogP contribution in [0.4, 0.5) is 0 Å². The van der Waals surface area contributed by atoms with Crippen molar-refractivity contribution in [2.75, 3.05) is 26.3 Å². The summed E-state index contributed by atoms with van der Waals surface area (Å²) in [6.45, 7) is 7.22. The van der Waals surface area contributed by atoms with E-state index in [-0.39, 0.29) is 6.29 Å². The van der Waals surface area contributed by atoms with E-state index in [1.54, 1.807) is 5.57 Å². The van der Waals surface area contributed by atoms with Crippen molar-refractivity contribution in [3.63, 3.8) is 0 Å². The van der Waals surface area contributed by atoms with Crippen LogP contribution in [0.25, 0.3) is 0 Å². The molecule has 0 aromatic carbocycles. The molecule has 0 aromatic rings. The SMILES string of the molecule is CCOC(CNCCC1=CCCC1)OCC. The van der Waals surface area contributed by atoms with E-state index in [4.69, 9.17) is 9.47 Å². The van der Waals surface area contributed by atoms with Crippen molar-refractivity contribution in [1.82, 2.24) is 5.32 Å². The third-order valence-electron chi connectivity index (χ3n) is 2.77. The molecule has 3 heteroatoms. The Morgan fingerprint density at radius 3 is 2.62 bits per heavy atom. The number of rotatable bonds is 9. The van der Waals surface area contributed by atoms with Crippen LogP contribution in [0.2, 0.25) is 0 Å². The molecule has 0 saturated carbocycles. The first-order valence-corrected chi connectivity index (χ1v) is 6.48. The van der Waals surface area contributed by atoms with E-state index < -0.39 is 0 Å². The van der Waals surface area contributed by atoms with Gasteiger partial charge in [0.2, 0.25) is 0 Å². The Hall–Kier alpha value is -0.380. The quantitative estimate of drug-likeness (QED) is 0.373. The van der Waals surface area contributed by atoms with E-state index in [1.165, 1.54) is 25.7 Å². The molecule has 1 N–H and O–H groups in total. The third kappa shape index (κ3) is 5.64. The molecular formula is C13H25NO2. The van der Waals surface area contributed by atoms with Gasteiger partial charge in [0.1, 0.15) is 0 Å². The number of nitrogens with one attached hydrogen (secondary N) is 1. The molecular weight excluding hydrogens is 202 g/mol. The summed E-state index contributed by atoms with van der Waals surface area (Å²) in [5.41, 5.74) is 1.61. The Morgan fingerprint density at radius 2 is 2.06 bits per heavy atom. The smallest absolute Gasteiger partial charge is 0.169 e. The molecule has 0 aliphatic heterocycles. The fourth-order valence-corrected chi connectivity index (χ4v) is 1.97. The predicted molar refractivity (Wildman–Crippen MR) is 66.5 cm³/mol. The molecule has 1 aliphatic rings. The van der Waals surface area contributed by atoms with Gasteiger partial charge in [-0.15, -0.1) is 0 Å². The molecule has 1 rings (SSSR count). The second-order valence-electron chi connectivity index (χ2n) is 4.05. The molecule has 0 unspecified atom stereocenters. The normalized spacial score (nSPS) is 15.8. The van der Waals surface area contributed by atoms with Crippen LogP contribution in [0.1, 0.15) is 39.5 Å². The monoisotopic (exact) mass is 227 g/mol. The molecule has 1 aliphatic carbocycles. The number of hydrogen-bond donors (Lipinski definition) is 1. The minimum Gasteiger partial charge on any atom is -0.352 e. The maximum absolute atomic E-state index is 5.46. The Labute approximate surface area is 99.2 Å². The topological polar surface area (TPSA) is 30.5 Å². The van der Waals surface area contributed by atoms with Crippen LogP contribution in [-0.4, -0.2) is 32.6 Å². The van der Waals surface area contributed by atoms with Crippen molar-refractivity contribution in [2.45, 2.75) is 45.8 Å². The van der Waals surface area contributed by atoms with Crippen molar-refractivity contribution in [3.8, 4) is 0 Å². The van der Waals surface area contributed by atoms with Crippen LogP contribution in [0.3, 0.4) is 0 Å². The highest BCUT2D eigenvalue weighted by Crippen LogP contribution is 2.19. The van der Waals surface area contributed by atoms with Gasteiger partial charge >= 0.3 is 0 Å². The molecule has 0 heterocycles. The highest BCUT2D eigenvalue weighted by Gasteiger charge is 2.07. The maximum atomic E-state index is 5.46. The third-order valence-corrected chi connectivity index (χ3v) is 2.77. The van der Waals surface area contributed by atoms with Crippen molar-refractivity contribution in [3.05, 3.63) is 11.6 Å². The lowest BCUT2D eigenvalue weighted by Crippen LogP contribution is -2.32. The Bertz CT molecular complexity index is 198. The minimum absolute atomic E-state index is 0.0902. The van der Waals surface area contributed by atoms with Crippen LogP contribution in [0, 0.1) is 0 Å². The lowest BCUT2D eigenvalue weighted by atomic mass is 10.2. The first-order valence-electron chi connectivity index (χ1n) is 6.48. The molecule has 0 spiro atoms. The van der Waals surface area contributed by atoms with Gasteiger partial charge in [-0.3, -0.25) is 0 Å². The Kier molecular flexibility index (Phi) is 7.47. The van der Waals surface area contributed by atoms with Gasteiger partial charge in [0.25, 0.3) is 0 Å². The zero-order valence-electron chi connectivity index (χ0n) is 10.6. The average molecular weight is 227 g/mol. The number of allylic oxidation sites excluding steroid dienone is 1. The van der Waals surface area contributed by atoms with Crippen molar-refractivity contribution in [2.24, 2.45) is 0 Å². The Balaban J connectivity index is 2.02. The van der Waals surface area contributed by atoms with Gasteiger partial charge in [-0.05, 0) is 46.1 Å². The highest BCUT2D eigenvalue weighted by atomic mass is 16.7. The van der Waals surface area contributed by atoms with E-state index in [1.807, 2.05) is 13.8 Å². The summed E-state index contributed by atoms with van der Waals surface area (Å²) in [6, 6.07) is 0. The van der Waals surface area contributed by atoms with E-state index >= 15 is 0 Å². The molecule has 3 nitrogen and oxygen atoms in total. The zero-order valence-corrected chi connectivity index (χ0v) is 10.6. The van der Waals surface area contributed by atoms with E-state index in [0.29, 0.717) is 13.2 Å². The molecule has 0 aromatic heterocycles. The second-order valence-corrected chi connectivity index (χ2v) is 4.05. The molecule has 0 atom stereocenters. The zero-order chi connectivity index (χ0) is 11.6. The average Bonchev–Trinajstić information content (AvgIpc) is 2.78. The van der Waals surface area contributed by atoms with Gasteiger partial charge in [-0.1, -0.05) is 11.6 Å². The van der Waals surface area contributed by atoms with Crippen LogP contribution in [-0.2, 0) is 9.47 Å². The Morgan fingerprint density at radius 1 is 1.31 bits per heavy atom. The lowest BCUT2D eigenvalue weighted by molar-refractivity contribution is -0.132. The first-order chi connectivity index (χ1) is 7.86. The van der Waals surface area contributed by atoms with Gasteiger partial charge in [0.05, 0.1) is 0 Å². The second kappa shape index (κ2) is 8.74. The van der Waals surface area contributed by atoms with Gasteiger partial charge in [-0.2, -0.15) is 0 Å². The molecule has 16 heavy (non-hydrogen) atoms. The van der Waals surface area contributed by atoms with Gasteiger partial charge < -0.3 is 14.8 Å². The van der Waals surface area contributed by atoms with Gasteiger partial charge in [-0.25, -0.2) is 0 Å². The summed E-state index contributed by atoms with van der Waals surface area (Å²) >= 11 is 0. The molecule has 0 bridgehead atoms. The standard InChI is InChI=1S/C13H25NO2/c1-3-15-13(16-4-2)11-14-10-9-12-7-5-6-8-12/h7,13-14H,3-6,8-11H2,1-2H3. The van der Waals surface area contributed by atoms with Crippen LogP contribution in [0.5, 0.6) is 0 Å². The summed E-state index contributed by atoms with van der Waals surface area (Å²) in [7, 11) is 0. The van der Waals surface area contributed by atoms with Crippen molar-refractivity contribution >= 4 is 0 Å². The molecule has 0 saturated heterocycles. The minimum atomic E-state index is -0.0902. The molecule has 0 fully saturated rings. The van der Waals surface area contributed by atoms with Crippen LogP contribution < -0.4 is 5.32 Å². The number of hydrogen-bond acceptors (Lipinski definition) is 3. The first kappa shape index (κ1) is 13.7. The number of ether oxygens (including phenoxy) is 2. The summed E-state index contributed by atoms with van der Waals surface area (Å²) < 4.78 is 10.9. The van der Waals surface area contributed by atoms with E-state index in [2.05, 4.69) is 11.4 Å². The molecule has 0 radical (unpaired) electrons. The maximum Gasteiger partial charge on any atom is 0.169 e. The van der Waals surface area contributed by atoms with E-state index in [0.717, 1.165) is 13.1 Å². The van der Waals surface area contributed by atoms with Crippen LogP contribution >= 0.6 is 0 Å². The van der Waals surface area contributed by atoms with Crippen LogP contribution in [0.15, 0.2) is 11.6 Å². The summed E-state index contributed by atoms with van der Waals surface area (Å²) in [6.07, 6.45) is 7.37. The molecule has 94 valence electrons. The van der Waals surface area contributed by atoms with Crippen molar-refractivity contribution in [1.29, 1.82) is 0 Å². The summed E-state index contributed by atoms with van der Waals surface area (Å²) in [4.78, 5) is 0. The fourth-order valence-electron chi connectivity index (χ4n) is 1.97. The summed E-state index contributed by atoms with van der Waals surface area (Å²) in [5, 5.41) is 3.39. The predicted octanol–water partition coefficient (Wildman–Crippen LogP) is 2.48. The lowest BCUT2D eigenvalue weighted by Gasteiger charge is -2.17. The highest BCUT2D eigenvalue weighted by molar-refractivity contribution is 5.07. The largest absolute Gasteiger partial charge is 0.352 e. The van der Waals surface area contributed by atoms with Crippen molar-refractivity contribution < 1.29 is 9.47 Å². The van der Waals surface area contributed by atoms with Gasteiger partial charge in [0.15, 0.2) is 6.29 Å². The summed E-state index contributed by atoms with van der Waals surface area (Å²) in [5.74, 6) is 0.